The van der Waals surface area contributed by atoms with Gasteiger partial charge in [-0.15, -0.1) is 13.2 Å². The fraction of sp³-hybridized carbons (Fsp3) is 0.160. The molecule has 0 radical (unpaired) electrons. The molecule has 4 rings (SSSR count). The number of ether oxygens (including phenoxy) is 2. The number of nitrogens with zero attached hydrogens (tertiary/aromatic N) is 3. The van der Waals surface area contributed by atoms with Gasteiger partial charge in [0.1, 0.15) is 11.5 Å². The van der Waals surface area contributed by atoms with Crippen LogP contribution in [-0.2, 0) is 13.1 Å². The van der Waals surface area contributed by atoms with Crippen LogP contribution in [0.3, 0.4) is 0 Å². The van der Waals surface area contributed by atoms with Crippen LogP contribution in [0.15, 0.2) is 78.0 Å². The molecule has 0 fully saturated rings. The van der Waals surface area contributed by atoms with E-state index in [9.17, 15) is 27.9 Å². The van der Waals surface area contributed by atoms with Crippen molar-refractivity contribution in [3.63, 3.8) is 0 Å². The van der Waals surface area contributed by atoms with Gasteiger partial charge >= 0.3 is 12.1 Å². The van der Waals surface area contributed by atoms with Crippen LogP contribution in [0.2, 0.25) is 0 Å². The van der Waals surface area contributed by atoms with E-state index in [0.29, 0.717) is 11.3 Å². The van der Waals surface area contributed by atoms with E-state index in [1.807, 2.05) is 12.1 Å². The third kappa shape index (κ3) is 6.10. The molecule has 4 aromatic rings. The molecule has 0 unspecified atom stereocenters. The van der Waals surface area contributed by atoms with Gasteiger partial charge in [-0.2, -0.15) is 0 Å². The first kappa shape index (κ1) is 25.4. The second kappa shape index (κ2) is 10.5. The SMILES string of the molecule is COc1ccc(CNC(=O)c2cnccc2Cn2cc(O)n(-c3ccc(OC(F)(F)F)cc3)c2=O)cc1. The van der Waals surface area contributed by atoms with Crippen molar-refractivity contribution in [3.05, 3.63) is 100 Å². The van der Waals surface area contributed by atoms with Crippen molar-refractivity contribution < 1.29 is 32.5 Å². The predicted molar refractivity (Wildman–Crippen MR) is 126 cm³/mol. The molecule has 0 spiro atoms. The standard InChI is InChI=1S/C25H21F3N4O5/c1-36-19-6-2-16(3-7-19)12-30-23(34)21-13-29-11-10-17(21)14-31-15-22(33)32(24(31)35)18-4-8-20(9-5-18)37-25(26,27)28/h2-11,13,15,33H,12,14H2,1H3,(H,30,34). The smallest absolute Gasteiger partial charge is 0.497 e. The van der Waals surface area contributed by atoms with Crippen molar-refractivity contribution in [2.45, 2.75) is 19.5 Å². The van der Waals surface area contributed by atoms with Crippen molar-refractivity contribution >= 4 is 5.91 Å². The number of nitrogens with one attached hydrogen (secondary N) is 1. The Morgan fingerprint density at radius 1 is 1.05 bits per heavy atom. The molecule has 0 aliphatic rings. The van der Waals surface area contributed by atoms with Crippen LogP contribution in [0.25, 0.3) is 5.69 Å². The summed E-state index contributed by atoms with van der Waals surface area (Å²) in [5.74, 6) is -0.619. The van der Waals surface area contributed by atoms with Gasteiger partial charge in [0.05, 0.1) is 31.1 Å². The maximum absolute atomic E-state index is 13.0. The lowest BCUT2D eigenvalue weighted by molar-refractivity contribution is -0.274. The molecule has 9 nitrogen and oxygen atoms in total. The molecule has 0 aliphatic heterocycles. The molecule has 0 aliphatic carbocycles. The summed E-state index contributed by atoms with van der Waals surface area (Å²) in [6.45, 7) is 0.185. The zero-order valence-electron chi connectivity index (χ0n) is 19.4. The van der Waals surface area contributed by atoms with E-state index in [0.717, 1.165) is 22.3 Å². The monoisotopic (exact) mass is 514 g/mol. The Morgan fingerprint density at radius 2 is 1.73 bits per heavy atom. The summed E-state index contributed by atoms with van der Waals surface area (Å²) < 4.78 is 48.2. The second-order valence-corrected chi connectivity index (χ2v) is 7.84. The van der Waals surface area contributed by atoms with E-state index >= 15 is 0 Å². The van der Waals surface area contributed by atoms with Gasteiger partial charge < -0.3 is 19.9 Å². The third-order valence-corrected chi connectivity index (χ3v) is 5.37. The van der Waals surface area contributed by atoms with Crippen molar-refractivity contribution in [3.8, 4) is 23.1 Å². The van der Waals surface area contributed by atoms with Gasteiger partial charge in [0.25, 0.3) is 5.91 Å². The average molecular weight is 514 g/mol. The Bertz CT molecular complexity index is 1450. The summed E-state index contributed by atoms with van der Waals surface area (Å²) in [7, 11) is 1.56. The number of benzene rings is 2. The summed E-state index contributed by atoms with van der Waals surface area (Å²) in [5, 5.41) is 13.2. The molecule has 2 heterocycles. The highest BCUT2D eigenvalue weighted by Gasteiger charge is 2.31. The van der Waals surface area contributed by atoms with E-state index in [1.54, 1.807) is 25.3 Å². The number of alkyl halides is 3. The second-order valence-electron chi connectivity index (χ2n) is 7.84. The summed E-state index contributed by atoms with van der Waals surface area (Å²) in [4.78, 5) is 29.8. The summed E-state index contributed by atoms with van der Waals surface area (Å²) in [5.41, 5.74) is 1.02. The topological polar surface area (TPSA) is 108 Å². The van der Waals surface area contributed by atoms with Crippen LogP contribution in [-0.4, -0.2) is 38.6 Å². The van der Waals surface area contributed by atoms with Crippen LogP contribution in [0, 0.1) is 0 Å². The number of aromatic hydroxyl groups is 1. The highest BCUT2D eigenvalue weighted by atomic mass is 19.4. The number of methoxy groups -OCH3 is 1. The molecule has 2 N–H and O–H groups in total. The molecular formula is C25H21F3N4O5. The quantitative estimate of drug-likeness (QED) is 0.372. The van der Waals surface area contributed by atoms with Crippen molar-refractivity contribution in [2.75, 3.05) is 7.11 Å². The summed E-state index contributed by atoms with van der Waals surface area (Å²) >= 11 is 0. The van der Waals surface area contributed by atoms with Crippen molar-refractivity contribution in [2.24, 2.45) is 0 Å². The lowest BCUT2D eigenvalue weighted by atomic mass is 10.1. The molecule has 0 atom stereocenters. The number of carbonyl (C=O) groups excluding carboxylic acids is 1. The van der Waals surface area contributed by atoms with E-state index in [4.69, 9.17) is 4.74 Å². The Morgan fingerprint density at radius 3 is 2.38 bits per heavy atom. The van der Waals surface area contributed by atoms with Crippen LogP contribution in [0.5, 0.6) is 17.4 Å². The van der Waals surface area contributed by atoms with Crippen molar-refractivity contribution in [1.29, 1.82) is 0 Å². The molecule has 2 aromatic heterocycles. The molecule has 192 valence electrons. The number of carbonyl (C=O) groups is 1. The van der Waals surface area contributed by atoms with Gasteiger partial charge in [-0.1, -0.05) is 12.1 Å². The normalized spacial score (nSPS) is 11.2. The number of amides is 1. The number of hydrogen-bond donors (Lipinski definition) is 2. The zero-order chi connectivity index (χ0) is 26.6. The van der Waals surface area contributed by atoms with Crippen LogP contribution in [0.1, 0.15) is 21.5 Å². The van der Waals surface area contributed by atoms with Gasteiger partial charge in [-0.25, -0.2) is 9.36 Å². The first-order valence-corrected chi connectivity index (χ1v) is 10.9. The predicted octanol–water partition coefficient (Wildman–Crippen LogP) is 3.63. The Balaban J connectivity index is 1.52. The highest BCUT2D eigenvalue weighted by Crippen LogP contribution is 2.24. The van der Waals surface area contributed by atoms with Gasteiger partial charge in [0.2, 0.25) is 5.88 Å². The first-order valence-electron chi connectivity index (χ1n) is 10.9. The zero-order valence-corrected chi connectivity index (χ0v) is 19.4. The number of pyridine rings is 1. The molecule has 37 heavy (non-hydrogen) atoms. The van der Waals surface area contributed by atoms with Crippen LogP contribution < -0.4 is 20.5 Å². The molecule has 0 bridgehead atoms. The van der Waals surface area contributed by atoms with Gasteiger partial charge in [0, 0.05) is 18.9 Å². The molecule has 0 saturated heterocycles. The molecule has 2 aromatic carbocycles. The Kier molecular flexibility index (Phi) is 7.18. The van der Waals surface area contributed by atoms with Gasteiger partial charge in [-0.05, 0) is 53.6 Å². The van der Waals surface area contributed by atoms with E-state index < -0.39 is 29.6 Å². The Hall–Kier alpha value is -4.74. The summed E-state index contributed by atoms with van der Waals surface area (Å²) in [6.07, 6.45) is -0.842. The largest absolute Gasteiger partial charge is 0.573 e. The summed E-state index contributed by atoms with van der Waals surface area (Å²) in [6, 6.07) is 13.2. The number of halogens is 3. The first-order chi connectivity index (χ1) is 17.6. The number of aromatic nitrogens is 3. The minimum Gasteiger partial charge on any atom is -0.497 e. The molecule has 1 amide bonds. The maximum atomic E-state index is 13.0. The average Bonchev–Trinajstić information content (AvgIpc) is 3.15. The third-order valence-electron chi connectivity index (χ3n) is 5.37. The van der Waals surface area contributed by atoms with Crippen LogP contribution in [0.4, 0.5) is 13.2 Å². The van der Waals surface area contributed by atoms with Gasteiger partial charge in [-0.3, -0.25) is 14.3 Å². The lowest BCUT2D eigenvalue weighted by Crippen LogP contribution is -2.27. The highest BCUT2D eigenvalue weighted by molar-refractivity contribution is 5.95. The molecule has 0 saturated carbocycles. The fourth-order valence-electron chi connectivity index (χ4n) is 3.60. The lowest BCUT2D eigenvalue weighted by Gasteiger charge is -2.11. The van der Waals surface area contributed by atoms with Crippen molar-refractivity contribution in [1.82, 2.24) is 19.4 Å². The molecular weight excluding hydrogens is 493 g/mol. The minimum absolute atomic E-state index is 0.0670. The van der Waals surface area contributed by atoms with E-state index in [-0.39, 0.29) is 24.3 Å². The minimum atomic E-state index is -4.85. The van der Waals surface area contributed by atoms with Gasteiger partial charge in [0.15, 0.2) is 0 Å². The molecule has 12 heteroatoms. The fourth-order valence-corrected chi connectivity index (χ4v) is 3.60. The van der Waals surface area contributed by atoms with Crippen LogP contribution >= 0.6 is 0 Å². The van der Waals surface area contributed by atoms with E-state index in [1.165, 1.54) is 35.3 Å². The number of hydrogen-bond acceptors (Lipinski definition) is 6. The Labute approximate surface area is 208 Å². The number of imidazole rings is 1. The number of rotatable bonds is 8. The maximum Gasteiger partial charge on any atom is 0.573 e. The van der Waals surface area contributed by atoms with E-state index in [2.05, 4.69) is 15.0 Å².